The van der Waals surface area contributed by atoms with Gasteiger partial charge < -0.3 is 16.2 Å². The van der Waals surface area contributed by atoms with Gasteiger partial charge in [0.25, 0.3) is 0 Å². The minimum absolute atomic E-state index is 0.0565. The predicted octanol–water partition coefficient (Wildman–Crippen LogP) is 2.10. The van der Waals surface area contributed by atoms with Gasteiger partial charge in [-0.15, -0.1) is 0 Å². The molecule has 6 heteroatoms. The summed E-state index contributed by atoms with van der Waals surface area (Å²) in [4.78, 5) is 14.2. The summed E-state index contributed by atoms with van der Waals surface area (Å²) in [5, 5.41) is 12.6. The van der Waals surface area contributed by atoms with E-state index in [0.717, 1.165) is 25.8 Å². The average molecular weight is 312 g/mol. The second kappa shape index (κ2) is 7.64. The monoisotopic (exact) mass is 311 g/mol. The van der Waals surface area contributed by atoms with E-state index in [9.17, 15) is 9.90 Å². The van der Waals surface area contributed by atoms with Crippen LogP contribution in [-0.4, -0.2) is 41.7 Å². The summed E-state index contributed by atoms with van der Waals surface area (Å²) in [6.07, 6.45) is 3.69. The number of benzene rings is 1. The highest BCUT2D eigenvalue weighted by atomic mass is 35.5. The number of rotatable bonds is 5. The number of aliphatic hydroxyl groups excluding tert-OH is 1. The Bertz CT molecular complexity index is 496. The molecule has 116 valence electrons. The Balaban J connectivity index is 1.82. The zero-order valence-corrected chi connectivity index (χ0v) is 12.8. The summed E-state index contributed by atoms with van der Waals surface area (Å²) < 4.78 is 0. The topological polar surface area (TPSA) is 78.6 Å². The van der Waals surface area contributed by atoms with E-state index in [2.05, 4.69) is 10.2 Å². The molecule has 1 saturated heterocycles. The van der Waals surface area contributed by atoms with Crippen molar-refractivity contribution in [2.75, 3.05) is 30.7 Å². The van der Waals surface area contributed by atoms with E-state index in [4.69, 9.17) is 17.3 Å². The minimum atomic E-state index is -0.0565. The van der Waals surface area contributed by atoms with Crippen molar-refractivity contribution in [1.29, 1.82) is 0 Å². The number of nitrogens with zero attached hydrogens (tertiary/aromatic N) is 1. The van der Waals surface area contributed by atoms with E-state index in [1.165, 1.54) is 0 Å². The Morgan fingerprint density at radius 3 is 3.00 bits per heavy atom. The van der Waals surface area contributed by atoms with Gasteiger partial charge in [-0.05, 0) is 37.6 Å². The number of carbonyl (C=O) groups excluding carboxylic acids is 1. The second-order valence-electron chi connectivity index (χ2n) is 5.40. The number of carbonyl (C=O) groups is 1. The summed E-state index contributed by atoms with van der Waals surface area (Å²) in [6, 6.07) is 5.24. The van der Waals surface area contributed by atoms with Crippen molar-refractivity contribution in [2.24, 2.45) is 0 Å². The molecule has 1 aromatic rings. The van der Waals surface area contributed by atoms with Crippen molar-refractivity contribution in [3.63, 3.8) is 0 Å². The molecule has 0 saturated carbocycles. The van der Waals surface area contributed by atoms with Crippen LogP contribution < -0.4 is 11.1 Å². The molecule has 0 radical (unpaired) electrons. The molecule has 21 heavy (non-hydrogen) atoms. The zero-order chi connectivity index (χ0) is 15.2. The van der Waals surface area contributed by atoms with Crippen molar-refractivity contribution < 1.29 is 9.90 Å². The zero-order valence-electron chi connectivity index (χ0n) is 12.0. The normalized spacial score (nSPS) is 19.4. The van der Waals surface area contributed by atoms with Gasteiger partial charge in [0.15, 0.2) is 0 Å². The number of hydrogen-bond donors (Lipinski definition) is 3. The van der Waals surface area contributed by atoms with Crippen molar-refractivity contribution in [3.8, 4) is 0 Å². The van der Waals surface area contributed by atoms with E-state index in [1.54, 1.807) is 18.2 Å². The van der Waals surface area contributed by atoms with Crippen LogP contribution in [0.4, 0.5) is 11.4 Å². The largest absolute Gasteiger partial charge is 0.397 e. The molecule has 0 bridgehead atoms. The third kappa shape index (κ3) is 4.59. The summed E-state index contributed by atoms with van der Waals surface area (Å²) in [7, 11) is 0. The molecule has 1 heterocycles. The molecule has 1 aliphatic rings. The average Bonchev–Trinajstić information content (AvgIpc) is 2.49. The summed E-state index contributed by atoms with van der Waals surface area (Å²) in [5.74, 6) is -0.0565. The fraction of sp³-hybridized carbons (Fsp3) is 0.533. The summed E-state index contributed by atoms with van der Waals surface area (Å²) in [5.41, 5.74) is 6.81. The summed E-state index contributed by atoms with van der Waals surface area (Å²) >= 11 is 5.84. The molecular formula is C15H22ClN3O2. The van der Waals surface area contributed by atoms with Crippen LogP contribution in [0.1, 0.15) is 25.7 Å². The SMILES string of the molecule is Nc1cc(NC(=O)CCN2CCCCC2CO)ccc1Cl. The molecule has 0 aromatic heterocycles. The van der Waals surface area contributed by atoms with E-state index in [1.807, 2.05) is 0 Å². The second-order valence-corrected chi connectivity index (χ2v) is 5.81. The van der Waals surface area contributed by atoms with Crippen molar-refractivity contribution in [3.05, 3.63) is 23.2 Å². The fourth-order valence-corrected chi connectivity index (χ4v) is 2.77. The molecule has 1 unspecified atom stereocenters. The van der Waals surface area contributed by atoms with Gasteiger partial charge in [0.2, 0.25) is 5.91 Å². The Morgan fingerprint density at radius 1 is 1.48 bits per heavy atom. The number of nitrogen functional groups attached to an aromatic ring is 1. The van der Waals surface area contributed by atoms with E-state index >= 15 is 0 Å². The lowest BCUT2D eigenvalue weighted by Crippen LogP contribution is -2.43. The Kier molecular flexibility index (Phi) is 5.85. The van der Waals surface area contributed by atoms with Gasteiger partial charge in [-0.2, -0.15) is 0 Å². The maximum Gasteiger partial charge on any atom is 0.225 e. The minimum Gasteiger partial charge on any atom is -0.397 e. The first-order valence-electron chi connectivity index (χ1n) is 7.30. The maximum atomic E-state index is 12.0. The Labute approximate surface area is 130 Å². The van der Waals surface area contributed by atoms with Crippen LogP contribution >= 0.6 is 11.6 Å². The molecule has 1 amide bonds. The fourth-order valence-electron chi connectivity index (χ4n) is 2.65. The molecule has 1 fully saturated rings. The molecule has 1 aromatic carbocycles. The smallest absolute Gasteiger partial charge is 0.225 e. The molecule has 5 nitrogen and oxygen atoms in total. The molecule has 1 atom stereocenters. The quantitative estimate of drug-likeness (QED) is 0.728. The first kappa shape index (κ1) is 16.1. The van der Waals surface area contributed by atoms with Crippen LogP contribution in [-0.2, 0) is 4.79 Å². The van der Waals surface area contributed by atoms with Gasteiger partial charge in [-0.3, -0.25) is 9.69 Å². The van der Waals surface area contributed by atoms with Crippen LogP contribution in [0, 0.1) is 0 Å². The predicted molar refractivity (Wildman–Crippen MR) is 85.4 cm³/mol. The number of likely N-dealkylation sites (tertiary alicyclic amines) is 1. The van der Waals surface area contributed by atoms with Crippen LogP contribution in [0.3, 0.4) is 0 Å². The van der Waals surface area contributed by atoms with Crippen molar-refractivity contribution >= 4 is 28.9 Å². The van der Waals surface area contributed by atoms with Gasteiger partial charge >= 0.3 is 0 Å². The van der Waals surface area contributed by atoms with Crippen LogP contribution in [0.15, 0.2) is 18.2 Å². The lowest BCUT2D eigenvalue weighted by atomic mass is 10.0. The number of nitrogens with one attached hydrogen (secondary N) is 1. The van der Waals surface area contributed by atoms with E-state index < -0.39 is 0 Å². The number of nitrogens with two attached hydrogens (primary N) is 1. The van der Waals surface area contributed by atoms with Crippen molar-refractivity contribution in [1.82, 2.24) is 4.90 Å². The van der Waals surface area contributed by atoms with E-state index in [-0.39, 0.29) is 18.6 Å². The first-order valence-corrected chi connectivity index (χ1v) is 7.67. The highest BCUT2D eigenvalue weighted by Gasteiger charge is 2.21. The standard InChI is InChI=1S/C15H22ClN3O2/c16-13-5-4-11(9-14(13)17)18-15(21)6-8-19-7-2-1-3-12(19)10-20/h4-5,9,12,20H,1-3,6-8,10,17H2,(H,18,21). The third-order valence-corrected chi connectivity index (χ3v) is 4.21. The van der Waals surface area contributed by atoms with Gasteiger partial charge in [0.1, 0.15) is 0 Å². The van der Waals surface area contributed by atoms with Crippen LogP contribution in [0.2, 0.25) is 5.02 Å². The Morgan fingerprint density at radius 2 is 2.29 bits per heavy atom. The number of anilines is 2. The summed E-state index contributed by atoms with van der Waals surface area (Å²) in [6.45, 7) is 1.78. The Hall–Kier alpha value is -1.30. The molecule has 0 aliphatic carbocycles. The van der Waals surface area contributed by atoms with Gasteiger partial charge in [-0.1, -0.05) is 18.0 Å². The van der Waals surface area contributed by atoms with Gasteiger partial charge in [-0.25, -0.2) is 0 Å². The number of amides is 1. The highest BCUT2D eigenvalue weighted by Crippen LogP contribution is 2.22. The lowest BCUT2D eigenvalue weighted by Gasteiger charge is -2.34. The number of piperidine rings is 1. The van der Waals surface area contributed by atoms with Crippen molar-refractivity contribution in [2.45, 2.75) is 31.7 Å². The molecule has 2 rings (SSSR count). The lowest BCUT2D eigenvalue weighted by molar-refractivity contribution is -0.116. The number of aliphatic hydroxyl groups is 1. The van der Waals surface area contributed by atoms with Gasteiger partial charge in [0.05, 0.1) is 17.3 Å². The van der Waals surface area contributed by atoms with E-state index in [0.29, 0.717) is 29.4 Å². The molecule has 4 N–H and O–H groups in total. The number of halogens is 1. The highest BCUT2D eigenvalue weighted by molar-refractivity contribution is 6.33. The molecular weight excluding hydrogens is 290 g/mol. The van der Waals surface area contributed by atoms with Gasteiger partial charge in [0, 0.05) is 24.7 Å². The number of hydrogen-bond acceptors (Lipinski definition) is 4. The van der Waals surface area contributed by atoms with Crippen LogP contribution in [0.5, 0.6) is 0 Å². The molecule has 0 spiro atoms. The third-order valence-electron chi connectivity index (χ3n) is 3.87. The molecule has 1 aliphatic heterocycles. The first-order chi connectivity index (χ1) is 10.1. The van der Waals surface area contributed by atoms with Crippen LogP contribution in [0.25, 0.3) is 0 Å². The maximum absolute atomic E-state index is 12.0.